The molecule has 2 rings (SSSR count). The molecule has 0 bridgehead atoms. The molecule has 0 atom stereocenters. The number of sulfonamides is 1. The van der Waals surface area contributed by atoms with Gasteiger partial charge in [-0.3, -0.25) is 9.10 Å². The van der Waals surface area contributed by atoms with Crippen LogP contribution in [0.2, 0.25) is 10.0 Å². The van der Waals surface area contributed by atoms with Crippen LogP contribution in [0.15, 0.2) is 35.2 Å². The molecule has 28 heavy (non-hydrogen) atoms. The van der Waals surface area contributed by atoms with Gasteiger partial charge in [0.15, 0.2) is 0 Å². The summed E-state index contributed by atoms with van der Waals surface area (Å²) in [5, 5.41) is 8.89. The van der Waals surface area contributed by atoms with Crippen LogP contribution in [0, 0.1) is 0 Å². The van der Waals surface area contributed by atoms with E-state index >= 15 is 0 Å². The fourth-order valence-electron chi connectivity index (χ4n) is 2.40. The summed E-state index contributed by atoms with van der Waals surface area (Å²) in [5.41, 5.74) is -0.0349. The summed E-state index contributed by atoms with van der Waals surface area (Å²) in [6.45, 7) is -0.883. The van der Waals surface area contributed by atoms with Crippen LogP contribution in [0.4, 0.5) is 5.69 Å². The van der Waals surface area contributed by atoms with Crippen molar-refractivity contribution in [2.75, 3.05) is 32.2 Å². The Kier molecular flexibility index (Phi) is 6.87. The van der Waals surface area contributed by atoms with E-state index in [9.17, 15) is 18.3 Å². The zero-order valence-electron chi connectivity index (χ0n) is 15.1. The number of hydrogen-bond acceptors (Lipinski definition) is 6. The van der Waals surface area contributed by atoms with Crippen LogP contribution in [-0.4, -0.2) is 47.4 Å². The topological polar surface area (TPSA) is 102 Å². The molecule has 8 nitrogen and oxygen atoms in total. The largest absolute Gasteiger partial charge is 0.497 e. The summed E-state index contributed by atoms with van der Waals surface area (Å²) in [4.78, 5) is 11.0. The molecule has 0 amide bonds. The van der Waals surface area contributed by atoms with Gasteiger partial charge in [-0.15, -0.1) is 0 Å². The predicted molar refractivity (Wildman–Crippen MR) is 105 cm³/mol. The fourth-order valence-corrected chi connectivity index (χ4v) is 4.64. The van der Waals surface area contributed by atoms with Gasteiger partial charge in [-0.1, -0.05) is 23.2 Å². The van der Waals surface area contributed by atoms with Crippen LogP contribution < -0.4 is 18.5 Å². The van der Waals surface area contributed by atoms with Gasteiger partial charge in [0.2, 0.25) is 0 Å². The van der Waals surface area contributed by atoms with E-state index in [2.05, 4.69) is 0 Å². The van der Waals surface area contributed by atoms with Crippen LogP contribution in [-0.2, 0) is 14.8 Å². The number of carbonyl (C=O) groups is 1. The van der Waals surface area contributed by atoms with Crippen molar-refractivity contribution in [1.29, 1.82) is 0 Å². The molecule has 11 heteroatoms. The number of halogens is 2. The van der Waals surface area contributed by atoms with Gasteiger partial charge in [0, 0.05) is 6.07 Å². The molecule has 0 fully saturated rings. The Morgan fingerprint density at radius 1 is 1.00 bits per heavy atom. The van der Waals surface area contributed by atoms with Crippen molar-refractivity contribution in [3.8, 4) is 17.2 Å². The Bertz CT molecular complexity index is 995. The van der Waals surface area contributed by atoms with Gasteiger partial charge in [0.05, 0.1) is 32.0 Å². The molecule has 2 aromatic carbocycles. The summed E-state index contributed by atoms with van der Waals surface area (Å²) in [6.07, 6.45) is 0. The van der Waals surface area contributed by atoms with E-state index in [1.165, 1.54) is 45.6 Å². The smallest absolute Gasteiger partial charge is 0.324 e. The van der Waals surface area contributed by atoms with E-state index in [1.54, 1.807) is 6.07 Å². The van der Waals surface area contributed by atoms with Gasteiger partial charge < -0.3 is 19.3 Å². The molecule has 0 saturated carbocycles. The molecule has 0 aliphatic rings. The Hall–Kier alpha value is -2.36. The Labute approximate surface area is 172 Å². The average molecular weight is 450 g/mol. The summed E-state index contributed by atoms with van der Waals surface area (Å²) in [7, 11) is -0.371. The zero-order chi connectivity index (χ0) is 21.1. The second kappa shape index (κ2) is 8.76. The summed E-state index contributed by atoms with van der Waals surface area (Å²) >= 11 is 12.2. The van der Waals surface area contributed by atoms with E-state index in [0.717, 1.165) is 0 Å². The lowest BCUT2D eigenvalue weighted by Gasteiger charge is -2.25. The molecular formula is C17H17Cl2NO7S. The maximum absolute atomic E-state index is 13.3. The third-order valence-electron chi connectivity index (χ3n) is 3.73. The van der Waals surface area contributed by atoms with Crippen molar-refractivity contribution in [2.45, 2.75) is 4.90 Å². The molecule has 0 aliphatic heterocycles. The lowest BCUT2D eigenvalue weighted by Crippen LogP contribution is -2.36. The average Bonchev–Trinajstić information content (AvgIpc) is 2.67. The number of rotatable bonds is 8. The number of carboxylic acid groups (broad SMARTS) is 1. The molecule has 0 aliphatic carbocycles. The Balaban J connectivity index is 2.73. The first-order valence-electron chi connectivity index (χ1n) is 7.65. The maximum atomic E-state index is 13.3. The van der Waals surface area contributed by atoms with Gasteiger partial charge in [0.1, 0.15) is 33.7 Å². The monoisotopic (exact) mass is 449 g/mol. The highest BCUT2D eigenvalue weighted by Gasteiger charge is 2.32. The highest BCUT2D eigenvalue weighted by molar-refractivity contribution is 7.93. The van der Waals surface area contributed by atoms with E-state index < -0.39 is 22.5 Å². The van der Waals surface area contributed by atoms with Crippen LogP contribution in [0.3, 0.4) is 0 Å². The van der Waals surface area contributed by atoms with Gasteiger partial charge in [0.25, 0.3) is 10.0 Å². The van der Waals surface area contributed by atoms with E-state index in [4.69, 9.17) is 37.4 Å². The molecule has 0 saturated heterocycles. The van der Waals surface area contributed by atoms with Crippen LogP contribution in [0.1, 0.15) is 0 Å². The SMILES string of the molecule is COc1ccc(OC)c(N(CC(=O)O)S(=O)(=O)c2ccc(OC)c(Cl)c2Cl)c1. The molecule has 2 aromatic rings. The summed E-state index contributed by atoms with van der Waals surface area (Å²) < 4.78 is 42.6. The number of ether oxygens (including phenoxy) is 3. The first kappa shape index (κ1) is 21.9. The van der Waals surface area contributed by atoms with Crippen molar-refractivity contribution >= 4 is 44.9 Å². The lowest BCUT2D eigenvalue weighted by molar-refractivity contribution is -0.135. The normalized spacial score (nSPS) is 11.0. The quantitative estimate of drug-likeness (QED) is 0.659. The van der Waals surface area contributed by atoms with Gasteiger partial charge in [-0.25, -0.2) is 8.42 Å². The Morgan fingerprint density at radius 2 is 1.61 bits per heavy atom. The maximum Gasteiger partial charge on any atom is 0.324 e. The number of anilines is 1. The second-order valence-electron chi connectivity index (χ2n) is 5.34. The molecule has 1 N–H and O–H groups in total. The van der Waals surface area contributed by atoms with E-state index in [1.807, 2.05) is 0 Å². The number of methoxy groups -OCH3 is 3. The second-order valence-corrected chi connectivity index (χ2v) is 7.92. The minimum absolute atomic E-state index is 0.0349. The molecular weight excluding hydrogens is 433 g/mol. The van der Waals surface area contributed by atoms with Crippen molar-refractivity contribution < 1.29 is 32.5 Å². The lowest BCUT2D eigenvalue weighted by atomic mass is 10.2. The van der Waals surface area contributed by atoms with Crippen molar-refractivity contribution in [1.82, 2.24) is 0 Å². The molecule has 0 heterocycles. The molecule has 0 aromatic heterocycles. The minimum Gasteiger partial charge on any atom is -0.497 e. The van der Waals surface area contributed by atoms with Gasteiger partial charge >= 0.3 is 5.97 Å². The third-order valence-corrected chi connectivity index (χ3v) is 6.51. The highest BCUT2D eigenvalue weighted by Crippen LogP contribution is 2.41. The minimum atomic E-state index is -4.44. The summed E-state index contributed by atoms with van der Waals surface area (Å²) in [6, 6.07) is 6.86. The predicted octanol–water partition coefficient (Wildman–Crippen LogP) is 3.30. The molecule has 0 spiro atoms. The number of carboxylic acids is 1. The van der Waals surface area contributed by atoms with Crippen molar-refractivity contribution in [3.05, 3.63) is 40.4 Å². The highest BCUT2D eigenvalue weighted by atomic mass is 35.5. The number of benzene rings is 2. The standard InChI is InChI=1S/C17H17Cl2NO7S/c1-25-10-4-5-12(26-2)11(8-10)20(9-15(21)22)28(23,24)14-7-6-13(27-3)16(18)17(14)19/h4-8H,9H2,1-3H3,(H,21,22). The van der Waals surface area contributed by atoms with Crippen LogP contribution in [0.25, 0.3) is 0 Å². The third kappa shape index (κ3) is 4.21. The van der Waals surface area contributed by atoms with Gasteiger partial charge in [-0.05, 0) is 24.3 Å². The number of nitrogens with zero attached hydrogens (tertiary/aromatic N) is 1. The molecule has 0 unspecified atom stereocenters. The van der Waals surface area contributed by atoms with Crippen molar-refractivity contribution in [3.63, 3.8) is 0 Å². The van der Waals surface area contributed by atoms with Crippen LogP contribution in [0.5, 0.6) is 17.2 Å². The van der Waals surface area contributed by atoms with Gasteiger partial charge in [-0.2, -0.15) is 0 Å². The molecule has 0 radical (unpaired) electrons. The first-order valence-corrected chi connectivity index (χ1v) is 9.85. The number of hydrogen-bond donors (Lipinski definition) is 1. The first-order chi connectivity index (χ1) is 13.2. The Morgan fingerprint density at radius 3 is 2.14 bits per heavy atom. The fraction of sp³-hybridized carbons (Fsp3) is 0.235. The molecule has 152 valence electrons. The zero-order valence-corrected chi connectivity index (χ0v) is 17.4. The number of aliphatic carboxylic acids is 1. The summed E-state index contributed by atoms with van der Waals surface area (Å²) in [5.74, 6) is -0.778. The van der Waals surface area contributed by atoms with E-state index in [0.29, 0.717) is 10.1 Å². The van der Waals surface area contributed by atoms with Crippen molar-refractivity contribution in [2.24, 2.45) is 0 Å². The van der Waals surface area contributed by atoms with E-state index in [-0.39, 0.29) is 32.1 Å². The van der Waals surface area contributed by atoms with Crippen LogP contribution >= 0.6 is 23.2 Å².